The number of thiophene rings is 2. The molecule has 3 nitrogen and oxygen atoms in total. The van der Waals surface area contributed by atoms with Gasteiger partial charge in [-0.25, -0.2) is 15.0 Å². The molecule has 0 saturated carbocycles. The molecular formula is C58H39N3S2. The van der Waals surface area contributed by atoms with Gasteiger partial charge in [-0.05, 0) is 69.6 Å². The fourth-order valence-electron chi connectivity index (χ4n) is 9.46. The summed E-state index contributed by atoms with van der Waals surface area (Å²) < 4.78 is 4.83. The number of hydrogen-bond donors (Lipinski definition) is 0. The van der Waals surface area contributed by atoms with Crippen molar-refractivity contribution in [1.29, 1.82) is 0 Å². The predicted octanol–water partition coefficient (Wildman–Crippen LogP) is 16.5. The topological polar surface area (TPSA) is 38.7 Å². The Hall–Kier alpha value is -7.31. The largest absolute Gasteiger partial charge is 0.208 e. The lowest BCUT2D eigenvalue weighted by atomic mass is 9.78. The van der Waals surface area contributed by atoms with Crippen LogP contribution in [0.2, 0.25) is 0 Å². The summed E-state index contributed by atoms with van der Waals surface area (Å²) >= 11 is 3.60. The fourth-order valence-corrected chi connectivity index (χ4v) is 11.9. The Bertz CT molecular complexity index is 3470. The van der Waals surface area contributed by atoms with Crippen molar-refractivity contribution in [3.8, 4) is 67.5 Å². The highest BCUT2D eigenvalue weighted by Gasteiger charge is 2.28. The van der Waals surface area contributed by atoms with Crippen molar-refractivity contribution in [2.24, 2.45) is 5.92 Å². The summed E-state index contributed by atoms with van der Waals surface area (Å²) in [5.74, 6) is 2.33. The van der Waals surface area contributed by atoms with Crippen LogP contribution in [0.1, 0.15) is 18.4 Å². The maximum atomic E-state index is 5.67. The van der Waals surface area contributed by atoms with Gasteiger partial charge in [0.05, 0.1) is 0 Å². The molecule has 2 atom stereocenters. The molecule has 0 N–H and O–H groups in total. The van der Waals surface area contributed by atoms with E-state index in [1.165, 1.54) is 51.5 Å². The first-order chi connectivity index (χ1) is 31.2. The summed E-state index contributed by atoms with van der Waals surface area (Å²) in [4.78, 5) is 16.8. The van der Waals surface area contributed by atoms with E-state index in [0.717, 1.165) is 44.5 Å². The zero-order valence-corrected chi connectivity index (χ0v) is 36.1. The van der Waals surface area contributed by atoms with Crippen molar-refractivity contribution in [2.45, 2.75) is 12.8 Å². The molecule has 1 unspecified atom stereocenters. The molecule has 0 radical (unpaired) electrons. The Balaban J connectivity index is 1.21. The van der Waals surface area contributed by atoms with Gasteiger partial charge in [0, 0.05) is 68.5 Å². The third kappa shape index (κ3) is 6.51. The molecule has 298 valence electrons. The smallest absolute Gasteiger partial charge is 0.165 e. The van der Waals surface area contributed by atoms with Crippen molar-refractivity contribution in [2.75, 3.05) is 0 Å². The third-order valence-corrected chi connectivity index (χ3v) is 14.9. The quantitative estimate of drug-likeness (QED) is 0.160. The summed E-state index contributed by atoms with van der Waals surface area (Å²) in [6.07, 6.45) is 9.00. The van der Waals surface area contributed by atoms with E-state index < -0.39 is 0 Å². The molecule has 0 aliphatic heterocycles. The van der Waals surface area contributed by atoms with Crippen molar-refractivity contribution in [1.82, 2.24) is 15.0 Å². The van der Waals surface area contributed by atoms with Gasteiger partial charge < -0.3 is 0 Å². The third-order valence-electron chi connectivity index (χ3n) is 12.5. The summed E-state index contributed by atoms with van der Waals surface area (Å²) in [6, 6.07) is 65.5. The fraction of sp³-hybridized carbons (Fsp3) is 0.0517. The van der Waals surface area contributed by atoms with Crippen LogP contribution in [0.4, 0.5) is 0 Å². The first-order valence-corrected chi connectivity index (χ1v) is 23.1. The summed E-state index contributed by atoms with van der Waals surface area (Å²) in [6.45, 7) is 2.31. The van der Waals surface area contributed by atoms with E-state index in [4.69, 9.17) is 15.0 Å². The molecule has 0 spiro atoms. The van der Waals surface area contributed by atoms with Crippen molar-refractivity contribution >= 4 is 63.0 Å². The van der Waals surface area contributed by atoms with Gasteiger partial charge in [0.2, 0.25) is 0 Å². The van der Waals surface area contributed by atoms with Crippen LogP contribution in [0.3, 0.4) is 0 Å². The van der Waals surface area contributed by atoms with Gasteiger partial charge in [-0.15, -0.1) is 22.7 Å². The zero-order valence-electron chi connectivity index (χ0n) is 34.4. The highest BCUT2D eigenvalue weighted by atomic mass is 32.1. The van der Waals surface area contributed by atoms with Crippen LogP contribution in [0.25, 0.3) is 108 Å². The molecule has 0 amide bonds. The van der Waals surface area contributed by atoms with Gasteiger partial charge in [-0.3, -0.25) is 0 Å². The molecule has 1 aliphatic rings. The number of nitrogens with zero attached hydrogens (tertiary/aromatic N) is 3. The first-order valence-electron chi connectivity index (χ1n) is 21.5. The molecule has 5 heteroatoms. The van der Waals surface area contributed by atoms with Crippen LogP contribution in [0.15, 0.2) is 206 Å². The minimum atomic E-state index is 0.0894. The van der Waals surface area contributed by atoms with E-state index in [1.807, 2.05) is 0 Å². The highest BCUT2D eigenvalue weighted by molar-refractivity contribution is 7.26. The Morgan fingerprint density at radius 2 is 0.889 bits per heavy atom. The molecule has 3 heterocycles. The lowest BCUT2D eigenvalue weighted by Crippen LogP contribution is -2.11. The van der Waals surface area contributed by atoms with Gasteiger partial charge in [-0.2, -0.15) is 0 Å². The Kier molecular flexibility index (Phi) is 9.24. The highest BCUT2D eigenvalue weighted by Crippen LogP contribution is 2.48. The van der Waals surface area contributed by atoms with E-state index >= 15 is 0 Å². The van der Waals surface area contributed by atoms with Gasteiger partial charge in [0.15, 0.2) is 17.5 Å². The molecule has 0 fully saturated rings. The maximum Gasteiger partial charge on any atom is 0.165 e. The molecule has 8 aromatic carbocycles. The average molecular weight is 842 g/mol. The molecule has 1 aliphatic carbocycles. The van der Waals surface area contributed by atoms with Gasteiger partial charge in [0.25, 0.3) is 0 Å². The lowest BCUT2D eigenvalue weighted by Gasteiger charge is -2.27. The Labute approximate surface area is 374 Å². The minimum Gasteiger partial charge on any atom is -0.208 e. The van der Waals surface area contributed by atoms with Crippen LogP contribution in [0, 0.1) is 5.92 Å². The van der Waals surface area contributed by atoms with E-state index in [9.17, 15) is 0 Å². The van der Waals surface area contributed by atoms with Crippen LogP contribution in [-0.4, -0.2) is 15.0 Å². The molecule has 0 bridgehead atoms. The standard InChI is InChI=1S/C58H39N3S2/c1-36-17-8-9-24-41(36)45-34-33-42(38-20-6-3-7-21-38)52(40-23-14-22-39(35-40)37-18-4-2-5-19-37)53(45)58-60-56(48-29-15-27-46-43-25-10-12-31-50(43)62-54(46)48)59-57(61-58)49-30-16-28-47-44-26-11-13-32-51(44)63-55(47)49/h2-36,41H,1H3/t36-,41?/m0/s1. The summed E-state index contributed by atoms with van der Waals surface area (Å²) in [7, 11) is 0. The predicted molar refractivity (Wildman–Crippen MR) is 268 cm³/mol. The van der Waals surface area contributed by atoms with Crippen LogP contribution in [0.5, 0.6) is 0 Å². The number of hydrogen-bond acceptors (Lipinski definition) is 5. The number of allylic oxidation sites excluding steroid dienone is 4. The zero-order chi connectivity index (χ0) is 41.9. The second kappa shape index (κ2) is 15.5. The molecule has 11 aromatic rings. The molecular weight excluding hydrogens is 803 g/mol. The van der Waals surface area contributed by atoms with Gasteiger partial charge in [0.1, 0.15) is 0 Å². The summed E-state index contributed by atoms with van der Waals surface area (Å²) in [5.41, 5.74) is 11.0. The van der Waals surface area contributed by atoms with E-state index in [0.29, 0.717) is 17.5 Å². The summed E-state index contributed by atoms with van der Waals surface area (Å²) in [5, 5.41) is 4.91. The molecule has 12 rings (SSSR count). The van der Waals surface area contributed by atoms with Crippen LogP contribution < -0.4 is 0 Å². The Morgan fingerprint density at radius 1 is 0.381 bits per heavy atom. The SMILES string of the molecule is C[C@H]1C=CC=CC1c1ccc(-c2ccccc2)c(-c2cccc(-c3ccccc3)c2)c1-c1nc(-c2cccc3c2sc2ccccc23)nc(-c2cccc3c2sc2ccccc23)n1. The minimum absolute atomic E-state index is 0.0894. The van der Waals surface area contributed by atoms with Gasteiger partial charge >= 0.3 is 0 Å². The molecule has 0 saturated heterocycles. The Morgan fingerprint density at radius 3 is 1.52 bits per heavy atom. The van der Waals surface area contributed by atoms with E-state index in [-0.39, 0.29) is 11.8 Å². The van der Waals surface area contributed by atoms with Crippen LogP contribution >= 0.6 is 22.7 Å². The number of rotatable bonds is 7. The normalized spacial score (nSPS) is 14.9. The van der Waals surface area contributed by atoms with Crippen molar-refractivity contribution in [3.05, 3.63) is 212 Å². The van der Waals surface area contributed by atoms with Crippen molar-refractivity contribution < 1.29 is 0 Å². The van der Waals surface area contributed by atoms with Gasteiger partial charge in [-0.1, -0.05) is 183 Å². The average Bonchev–Trinajstić information content (AvgIpc) is 3.93. The van der Waals surface area contributed by atoms with Crippen molar-refractivity contribution in [3.63, 3.8) is 0 Å². The number of aromatic nitrogens is 3. The van der Waals surface area contributed by atoms with E-state index in [2.05, 4.69) is 213 Å². The molecule has 63 heavy (non-hydrogen) atoms. The number of benzene rings is 8. The maximum absolute atomic E-state index is 5.67. The second-order valence-corrected chi connectivity index (χ2v) is 18.4. The van der Waals surface area contributed by atoms with E-state index in [1.54, 1.807) is 22.7 Å². The van der Waals surface area contributed by atoms with Crippen LogP contribution in [-0.2, 0) is 0 Å². The second-order valence-electron chi connectivity index (χ2n) is 16.3. The number of fused-ring (bicyclic) bond motifs is 6. The molecule has 3 aromatic heterocycles. The monoisotopic (exact) mass is 841 g/mol. The first kappa shape index (κ1) is 37.5. The lowest BCUT2D eigenvalue weighted by molar-refractivity contribution is 0.636.